The first-order chi connectivity index (χ1) is 12.2. The summed E-state index contributed by atoms with van der Waals surface area (Å²) in [5, 5.41) is 0. The van der Waals surface area contributed by atoms with Crippen molar-refractivity contribution in [1.82, 2.24) is 0 Å². The lowest BCUT2D eigenvalue weighted by atomic mass is 9.88. The SMILES string of the molecule is COCOc1cc(OC)c(OCOC)c([C@@H]2CCC[C@@H]2C(=O)OC)c1. The molecule has 1 aliphatic carbocycles. The molecule has 7 nitrogen and oxygen atoms in total. The topological polar surface area (TPSA) is 72.5 Å². The first-order valence-electron chi connectivity index (χ1n) is 8.19. The summed E-state index contributed by atoms with van der Waals surface area (Å²) in [6, 6.07) is 3.61. The van der Waals surface area contributed by atoms with Crippen molar-refractivity contribution in [3.63, 3.8) is 0 Å². The molecule has 0 heterocycles. The minimum atomic E-state index is -0.211. The van der Waals surface area contributed by atoms with Crippen LogP contribution in [0.1, 0.15) is 30.7 Å². The first kappa shape index (κ1) is 19.3. The van der Waals surface area contributed by atoms with Gasteiger partial charge in [-0.15, -0.1) is 0 Å². The highest BCUT2D eigenvalue weighted by Gasteiger charge is 2.37. The Kier molecular flexibility index (Phi) is 7.33. The van der Waals surface area contributed by atoms with Gasteiger partial charge < -0.3 is 28.4 Å². The molecule has 1 fully saturated rings. The van der Waals surface area contributed by atoms with Gasteiger partial charge in [-0.2, -0.15) is 0 Å². The Morgan fingerprint density at radius 3 is 2.40 bits per heavy atom. The van der Waals surface area contributed by atoms with Crippen LogP contribution in [0.3, 0.4) is 0 Å². The predicted octanol–water partition coefficient (Wildman–Crippen LogP) is 2.72. The quantitative estimate of drug-likeness (QED) is 0.499. The highest BCUT2D eigenvalue weighted by Crippen LogP contribution is 2.48. The van der Waals surface area contributed by atoms with Crippen molar-refractivity contribution >= 4 is 5.97 Å². The van der Waals surface area contributed by atoms with Crippen LogP contribution in [0.4, 0.5) is 0 Å². The number of esters is 1. The number of rotatable bonds is 9. The molecule has 0 bridgehead atoms. The summed E-state index contributed by atoms with van der Waals surface area (Å²) >= 11 is 0. The molecule has 0 aliphatic heterocycles. The Labute approximate surface area is 148 Å². The molecule has 0 spiro atoms. The summed E-state index contributed by atoms with van der Waals surface area (Å²) in [5.41, 5.74) is 0.857. The van der Waals surface area contributed by atoms with Gasteiger partial charge in [0.1, 0.15) is 5.75 Å². The Morgan fingerprint density at radius 2 is 1.76 bits per heavy atom. The average Bonchev–Trinajstić information content (AvgIpc) is 3.13. The maximum atomic E-state index is 12.2. The zero-order chi connectivity index (χ0) is 18.2. The Bertz CT molecular complexity index is 573. The van der Waals surface area contributed by atoms with Gasteiger partial charge in [-0.05, 0) is 18.9 Å². The molecule has 25 heavy (non-hydrogen) atoms. The third-order valence-corrected chi connectivity index (χ3v) is 4.36. The molecule has 0 N–H and O–H groups in total. The van der Waals surface area contributed by atoms with Crippen LogP contribution in [0.2, 0.25) is 0 Å². The van der Waals surface area contributed by atoms with Gasteiger partial charge in [-0.3, -0.25) is 4.79 Å². The van der Waals surface area contributed by atoms with Gasteiger partial charge in [-0.1, -0.05) is 6.42 Å². The van der Waals surface area contributed by atoms with Crippen molar-refractivity contribution in [3.8, 4) is 17.2 Å². The molecule has 0 unspecified atom stereocenters. The summed E-state index contributed by atoms with van der Waals surface area (Å²) < 4.78 is 31.8. The Hall–Kier alpha value is -1.99. The number of carbonyl (C=O) groups excluding carboxylic acids is 1. The second kappa shape index (κ2) is 9.48. The summed E-state index contributed by atoms with van der Waals surface area (Å²) in [6.45, 7) is 0.198. The highest BCUT2D eigenvalue weighted by atomic mass is 16.7. The van der Waals surface area contributed by atoms with E-state index >= 15 is 0 Å². The van der Waals surface area contributed by atoms with Crippen molar-refractivity contribution in [2.45, 2.75) is 25.2 Å². The van der Waals surface area contributed by atoms with Crippen LogP contribution in [0, 0.1) is 5.92 Å². The van der Waals surface area contributed by atoms with Crippen molar-refractivity contribution in [1.29, 1.82) is 0 Å². The van der Waals surface area contributed by atoms with E-state index in [9.17, 15) is 4.79 Å². The molecule has 1 aliphatic rings. The van der Waals surface area contributed by atoms with E-state index < -0.39 is 0 Å². The van der Waals surface area contributed by atoms with E-state index in [0.717, 1.165) is 24.8 Å². The van der Waals surface area contributed by atoms with Crippen molar-refractivity contribution in [2.75, 3.05) is 42.0 Å². The lowest BCUT2D eigenvalue weighted by Gasteiger charge is -2.23. The maximum absolute atomic E-state index is 12.2. The van der Waals surface area contributed by atoms with Crippen LogP contribution >= 0.6 is 0 Å². The van der Waals surface area contributed by atoms with Crippen molar-refractivity contribution in [2.24, 2.45) is 5.92 Å². The fourth-order valence-corrected chi connectivity index (χ4v) is 3.27. The van der Waals surface area contributed by atoms with Crippen molar-refractivity contribution < 1.29 is 33.2 Å². The van der Waals surface area contributed by atoms with Crippen molar-refractivity contribution in [3.05, 3.63) is 17.7 Å². The first-order valence-corrected chi connectivity index (χ1v) is 8.19. The molecule has 0 radical (unpaired) electrons. The van der Waals surface area contributed by atoms with Crippen LogP contribution in [-0.2, 0) is 19.0 Å². The van der Waals surface area contributed by atoms with E-state index in [0.29, 0.717) is 17.2 Å². The standard InChI is InChI=1S/C18H26O7/c1-20-10-24-12-8-15(13-6-5-7-14(13)18(19)23-4)17(25-11-21-2)16(9-12)22-3/h8-9,13-14H,5-7,10-11H2,1-4H3/t13-,14+/m1/s1. The highest BCUT2D eigenvalue weighted by molar-refractivity contribution is 5.74. The molecular formula is C18H26O7. The van der Waals surface area contributed by atoms with E-state index in [2.05, 4.69) is 0 Å². The second-order valence-corrected chi connectivity index (χ2v) is 5.81. The smallest absolute Gasteiger partial charge is 0.309 e. The molecule has 0 aromatic heterocycles. The zero-order valence-electron chi connectivity index (χ0n) is 15.2. The number of methoxy groups -OCH3 is 4. The molecule has 140 valence electrons. The van der Waals surface area contributed by atoms with Gasteiger partial charge in [0.2, 0.25) is 0 Å². The maximum Gasteiger partial charge on any atom is 0.309 e. The lowest BCUT2D eigenvalue weighted by Crippen LogP contribution is -2.20. The van der Waals surface area contributed by atoms with Gasteiger partial charge in [0.05, 0.1) is 20.1 Å². The average molecular weight is 354 g/mol. The Balaban J connectivity index is 2.44. The van der Waals surface area contributed by atoms with Crippen LogP contribution in [0.25, 0.3) is 0 Å². The molecule has 0 saturated heterocycles. The van der Waals surface area contributed by atoms with E-state index in [1.54, 1.807) is 27.4 Å². The third kappa shape index (κ3) is 4.55. The normalized spacial score (nSPS) is 19.5. The number of hydrogen-bond acceptors (Lipinski definition) is 7. The van der Waals surface area contributed by atoms with Crippen LogP contribution in [0.15, 0.2) is 12.1 Å². The van der Waals surface area contributed by atoms with Crippen LogP contribution in [0.5, 0.6) is 17.2 Å². The zero-order valence-corrected chi connectivity index (χ0v) is 15.2. The molecule has 1 aromatic rings. The third-order valence-electron chi connectivity index (χ3n) is 4.36. The Morgan fingerprint density at radius 1 is 1.04 bits per heavy atom. The molecule has 2 rings (SSSR count). The van der Waals surface area contributed by atoms with Crippen LogP contribution < -0.4 is 14.2 Å². The number of ether oxygens (including phenoxy) is 6. The summed E-state index contributed by atoms with van der Waals surface area (Å²) in [7, 11) is 6.08. The monoisotopic (exact) mass is 354 g/mol. The minimum absolute atomic E-state index is 0.0284. The van der Waals surface area contributed by atoms with Gasteiger partial charge in [0.15, 0.2) is 25.1 Å². The van der Waals surface area contributed by atoms with Crippen LogP contribution in [-0.4, -0.2) is 48.0 Å². The largest absolute Gasteiger partial charge is 0.493 e. The van der Waals surface area contributed by atoms with Gasteiger partial charge in [0.25, 0.3) is 0 Å². The molecule has 2 atom stereocenters. The lowest BCUT2D eigenvalue weighted by molar-refractivity contribution is -0.145. The summed E-state index contributed by atoms with van der Waals surface area (Å²) in [5.74, 6) is 1.24. The van der Waals surface area contributed by atoms with Gasteiger partial charge >= 0.3 is 5.97 Å². The van der Waals surface area contributed by atoms with E-state index in [4.69, 9.17) is 28.4 Å². The predicted molar refractivity (Wildman–Crippen MR) is 90.1 cm³/mol. The molecular weight excluding hydrogens is 328 g/mol. The molecule has 7 heteroatoms. The summed E-state index contributed by atoms with van der Waals surface area (Å²) in [4.78, 5) is 12.2. The number of hydrogen-bond donors (Lipinski definition) is 0. The van der Waals surface area contributed by atoms with E-state index in [1.165, 1.54) is 7.11 Å². The van der Waals surface area contributed by atoms with E-state index in [1.807, 2.05) is 6.07 Å². The van der Waals surface area contributed by atoms with Gasteiger partial charge in [0, 0.05) is 31.8 Å². The summed E-state index contributed by atoms with van der Waals surface area (Å²) in [6.07, 6.45) is 2.59. The van der Waals surface area contributed by atoms with Gasteiger partial charge in [-0.25, -0.2) is 0 Å². The molecule has 0 amide bonds. The fraction of sp³-hybridized carbons (Fsp3) is 0.611. The molecule has 1 aromatic carbocycles. The number of carbonyl (C=O) groups is 1. The number of benzene rings is 1. The minimum Gasteiger partial charge on any atom is -0.493 e. The molecule has 1 saturated carbocycles. The van der Waals surface area contributed by atoms with E-state index in [-0.39, 0.29) is 31.4 Å². The fourth-order valence-electron chi connectivity index (χ4n) is 3.27. The second-order valence-electron chi connectivity index (χ2n) is 5.81.